The van der Waals surface area contributed by atoms with Crippen LogP contribution in [0.15, 0.2) is 66.0 Å². The van der Waals surface area contributed by atoms with Crippen LogP contribution in [0.2, 0.25) is 0 Å². The lowest BCUT2D eigenvalue weighted by Gasteiger charge is -2.25. The Balaban J connectivity index is 1.82. The largest absolute Gasteiger partial charge is 0.494 e. The molecule has 0 bridgehead atoms. The molecule has 0 saturated heterocycles. The maximum absolute atomic E-state index is 14.2. The van der Waals surface area contributed by atoms with Gasteiger partial charge in [0.05, 0.1) is 19.3 Å². The molecule has 160 valence electrons. The molecule has 0 aliphatic heterocycles. The number of benzene rings is 2. The second-order valence-electron chi connectivity index (χ2n) is 6.54. The van der Waals surface area contributed by atoms with E-state index in [4.69, 9.17) is 4.74 Å². The van der Waals surface area contributed by atoms with Gasteiger partial charge in [0.1, 0.15) is 11.2 Å². The molecular weight excluding hydrogens is 433 g/mol. The molecule has 2 aromatic carbocycles. The summed E-state index contributed by atoms with van der Waals surface area (Å²) in [6.07, 6.45) is 2.63. The third-order valence-corrected chi connectivity index (χ3v) is 6.34. The lowest BCUT2D eigenvalue weighted by Crippen LogP contribution is -2.31. The minimum absolute atomic E-state index is 0.0101. The zero-order chi connectivity index (χ0) is 22.2. The lowest BCUT2D eigenvalue weighted by atomic mass is 10.2. The summed E-state index contributed by atoms with van der Waals surface area (Å²) in [5.41, 5.74) is 0.575. The number of methoxy groups -OCH3 is 1. The maximum atomic E-state index is 14.2. The summed E-state index contributed by atoms with van der Waals surface area (Å²) in [5, 5.41) is 7.52. The summed E-state index contributed by atoms with van der Waals surface area (Å²) in [7, 11) is -2.96. The first-order chi connectivity index (χ1) is 14.8. The Morgan fingerprint density at radius 2 is 1.81 bits per heavy atom. The molecule has 0 amide bonds. The number of halogens is 3. The standard InChI is InChI=1S/C20H15F3N4O3S/c1-30-19-6-2-13(8-18(19)23)10-27(14-3-5-16(21)17(22)9-14)31(28,29)15-4-7-20-25-24-12-26(20)11-15/h2-9,11-12H,10H2,1H3. The van der Waals surface area contributed by atoms with Crippen molar-refractivity contribution in [1.29, 1.82) is 0 Å². The number of rotatable bonds is 6. The summed E-state index contributed by atoms with van der Waals surface area (Å²) >= 11 is 0. The number of anilines is 1. The topological polar surface area (TPSA) is 76.8 Å². The molecule has 2 heterocycles. The Bertz CT molecular complexity index is 1380. The van der Waals surface area contributed by atoms with Crippen molar-refractivity contribution in [3.63, 3.8) is 0 Å². The van der Waals surface area contributed by atoms with Crippen LogP contribution < -0.4 is 9.04 Å². The number of fused-ring (bicyclic) bond motifs is 1. The summed E-state index contributed by atoms with van der Waals surface area (Å²) in [5.74, 6) is -3.03. The summed E-state index contributed by atoms with van der Waals surface area (Å²) < 4.78 is 75.6. The van der Waals surface area contributed by atoms with Crippen LogP contribution in [0, 0.1) is 17.5 Å². The van der Waals surface area contributed by atoms with E-state index >= 15 is 0 Å². The zero-order valence-corrected chi connectivity index (χ0v) is 16.9. The third kappa shape index (κ3) is 3.91. The van der Waals surface area contributed by atoms with E-state index in [0.717, 1.165) is 28.6 Å². The second kappa shape index (κ2) is 7.91. The Hall–Kier alpha value is -3.60. The summed E-state index contributed by atoms with van der Waals surface area (Å²) in [4.78, 5) is -0.140. The number of pyridine rings is 1. The van der Waals surface area contributed by atoms with Gasteiger partial charge < -0.3 is 4.74 Å². The fourth-order valence-corrected chi connectivity index (χ4v) is 4.47. The minimum atomic E-state index is -4.27. The van der Waals surface area contributed by atoms with Gasteiger partial charge in [0.25, 0.3) is 10.0 Å². The predicted octanol–water partition coefficient (Wildman–Crippen LogP) is 3.55. The van der Waals surface area contributed by atoms with Crippen molar-refractivity contribution < 1.29 is 26.3 Å². The van der Waals surface area contributed by atoms with Crippen molar-refractivity contribution in [2.24, 2.45) is 0 Å². The van der Waals surface area contributed by atoms with Crippen LogP contribution in [0.1, 0.15) is 5.56 Å². The van der Waals surface area contributed by atoms with Crippen LogP contribution in [0.4, 0.5) is 18.9 Å². The van der Waals surface area contributed by atoms with Gasteiger partial charge in [-0.25, -0.2) is 21.6 Å². The fourth-order valence-electron chi connectivity index (χ4n) is 3.02. The molecule has 0 radical (unpaired) electrons. The second-order valence-corrected chi connectivity index (χ2v) is 8.40. The van der Waals surface area contributed by atoms with Gasteiger partial charge in [-0.3, -0.25) is 8.71 Å². The average Bonchev–Trinajstić information content (AvgIpc) is 3.22. The van der Waals surface area contributed by atoms with Crippen LogP contribution in [0.5, 0.6) is 5.75 Å². The van der Waals surface area contributed by atoms with Crippen molar-refractivity contribution in [2.75, 3.05) is 11.4 Å². The molecule has 0 aliphatic rings. The van der Waals surface area contributed by atoms with E-state index in [1.807, 2.05) is 0 Å². The smallest absolute Gasteiger partial charge is 0.266 e. The van der Waals surface area contributed by atoms with Gasteiger partial charge in [-0.2, -0.15) is 0 Å². The molecule has 4 aromatic rings. The molecule has 11 heteroatoms. The van der Waals surface area contributed by atoms with Gasteiger partial charge in [-0.15, -0.1) is 10.2 Å². The normalized spacial score (nSPS) is 11.6. The first kappa shape index (κ1) is 20.7. The Morgan fingerprint density at radius 3 is 2.52 bits per heavy atom. The van der Waals surface area contributed by atoms with Gasteiger partial charge in [-0.1, -0.05) is 6.07 Å². The number of aromatic nitrogens is 3. The van der Waals surface area contributed by atoms with Crippen molar-refractivity contribution >= 4 is 21.4 Å². The molecule has 0 unspecified atom stereocenters. The first-order valence-corrected chi connectivity index (χ1v) is 10.3. The molecule has 4 rings (SSSR count). The summed E-state index contributed by atoms with van der Waals surface area (Å²) in [6.45, 7) is -0.339. The van der Waals surface area contributed by atoms with Crippen molar-refractivity contribution in [1.82, 2.24) is 14.6 Å². The van der Waals surface area contributed by atoms with Crippen molar-refractivity contribution in [3.8, 4) is 5.75 Å². The molecule has 0 fully saturated rings. The Labute approximate surface area is 175 Å². The van der Waals surface area contributed by atoms with Crippen LogP contribution in [0.25, 0.3) is 5.65 Å². The zero-order valence-electron chi connectivity index (χ0n) is 16.0. The number of hydrogen-bond donors (Lipinski definition) is 0. The van der Waals surface area contributed by atoms with E-state index in [1.54, 1.807) is 0 Å². The highest BCUT2D eigenvalue weighted by Gasteiger charge is 2.27. The molecular formula is C20H15F3N4O3S. The fraction of sp³-hybridized carbons (Fsp3) is 0.100. The van der Waals surface area contributed by atoms with Gasteiger partial charge >= 0.3 is 0 Å². The van der Waals surface area contributed by atoms with Crippen molar-refractivity contribution in [3.05, 3.63) is 84.1 Å². The number of nitrogens with zero attached hydrogens (tertiary/aromatic N) is 4. The monoisotopic (exact) mass is 448 g/mol. The SMILES string of the molecule is COc1ccc(CN(c2ccc(F)c(F)c2)S(=O)(=O)c2ccc3nncn3c2)cc1F. The highest BCUT2D eigenvalue weighted by atomic mass is 32.2. The van der Waals surface area contributed by atoms with Crippen LogP contribution >= 0.6 is 0 Å². The number of ether oxygens (including phenoxy) is 1. The van der Waals surface area contributed by atoms with Gasteiger partial charge in [0.2, 0.25) is 0 Å². The molecule has 7 nitrogen and oxygen atoms in total. The average molecular weight is 448 g/mol. The van der Waals surface area contributed by atoms with Crippen LogP contribution in [-0.4, -0.2) is 30.1 Å². The first-order valence-electron chi connectivity index (χ1n) is 8.89. The van der Waals surface area contributed by atoms with Crippen molar-refractivity contribution in [2.45, 2.75) is 11.4 Å². The number of hydrogen-bond acceptors (Lipinski definition) is 5. The third-order valence-electron chi connectivity index (χ3n) is 4.59. The van der Waals surface area contributed by atoms with Gasteiger partial charge in [-0.05, 0) is 42.0 Å². The molecule has 0 aliphatic carbocycles. The molecule has 2 aromatic heterocycles. The van der Waals surface area contributed by atoms with E-state index in [1.165, 1.54) is 48.3 Å². The highest BCUT2D eigenvalue weighted by Crippen LogP contribution is 2.28. The molecule has 0 spiro atoms. The van der Waals surface area contributed by atoms with E-state index in [-0.39, 0.29) is 28.4 Å². The quantitative estimate of drug-likeness (QED) is 0.451. The molecule has 0 atom stereocenters. The van der Waals surface area contributed by atoms with E-state index in [2.05, 4.69) is 10.2 Å². The van der Waals surface area contributed by atoms with Crippen LogP contribution in [-0.2, 0) is 16.6 Å². The van der Waals surface area contributed by atoms with E-state index in [9.17, 15) is 21.6 Å². The molecule has 31 heavy (non-hydrogen) atoms. The Kier molecular flexibility index (Phi) is 5.27. The molecule has 0 N–H and O–H groups in total. The molecule has 0 saturated carbocycles. The summed E-state index contributed by atoms with van der Waals surface area (Å²) in [6, 6.07) is 9.45. The minimum Gasteiger partial charge on any atom is -0.494 e. The Morgan fingerprint density at radius 1 is 1.00 bits per heavy atom. The van der Waals surface area contributed by atoms with E-state index < -0.39 is 27.5 Å². The lowest BCUT2D eigenvalue weighted by molar-refractivity contribution is 0.386. The van der Waals surface area contributed by atoms with E-state index in [0.29, 0.717) is 5.65 Å². The number of sulfonamides is 1. The van der Waals surface area contributed by atoms with Gasteiger partial charge in [0, 0.05) is 12.3 Å². The van der Waals surface area contributed by atoms with Crippen LogP contribution in [0.3, 0.4) is 0 Å². The maximum Gasteiger partial charge on any atom is 0.266 e. The van der Waals surface area contributed by atoms with Gasteiger partial charge in [0.15, 0.2) is 28.8 Å². The predicted molar refractivity (Wildman–Crippen MR) is 106 cm³/mol. The highest BCUT2D eigenvalue weighted by molar-refractivity contribution is 7.92.